The zero-order valence-electron chi connectivity index (χ0n) is 18.1. The second-order valence-electron chi connectivity index (χ2n) is 7.47. The van der Waals surface area contributed by atoms with Crippen molar-refractivity contribution < 1.29 is 27.0 Å². The van der Waals surface area contributed by atoms with Crippen LogP contribution in [0.2, 0.25) is 0 Å². The van der Waals surface area contributed by atoms with Crippen LogP contribution in [0.5, 0.6) is 23.0 Å². The van der Waals surface area contributed by atoms with Gasteiger partial charge in [0.15, 0.2) is 23.1 Å². The zero-order chi connectivity index (χ0) is 23.4. The number of pyridine rings is 1. The maximum Gasteiger partial charge on any atom is 0.233 e. The predicted octanol–water partition coefficient (Wildman–Crippen LogP) is 5.06. The molecule has 0 bridgehead atoms. The van der Waals surface area contributed by atoms with Crippen molar-refractivity contribution in [1.82, 2.24) is 4.98 Å². The molecule has 9 heteroatoms. The average Bonchev–Trinajstić information content (AvgIpc) is 2.80. The standard InChI is InChI=1S/C24H23FN2O5S/c1-30-23-13-18-20(14-24(23)31-2)26-11-10-21(18)32-22-9-8-17(12-19(22)25)27-33(28,29)15-16-6-4-3-5-7-16/h3-6,8-14,16,27H,7,15H2,1-2H3. The number of nitrogens with one attached hydrogen (secondary N) is 1. The molecule has 0 aliphatic heterocycles. The van der Waals surface area contributed by atoms with E-state index in [0.29, 0.717) is 34.6 Å². The van der Waals surface area contributed by atoms with Gasteiger partial charge in [-0.25, -0.2) is 12.8 Å². The van der Waals surface area contributed by atoms with Crippen molar-refractivity contribution in [3.05, 3.63) is 72.7 Å². The van der Waals surface area contributed by atoms with Gasteiger partial charge >= 0.3 is 0 Å². The molecule has 3 aromatic rings. The second-order valence-corrected chi connectivity index (χ2v) is 9.24. The number of halogens is 1. The number of fused-ring (bicyclic) bond motifs is 1. The normalized spacial score (nSPS) is 15.4. The molecule has 33 heavy (non-hydrogen) atoms. The molecule has 4 rings (SSSR count). The number of ether oxygens (including phenoxy) is 3. The van der Waals surface area contributed by atoms with Gasteiger partial charge in [0.25, 0.3) is 0 Å². The van der Waals surface area contributed by atoms with Crippen LogP contribution in [0.15, 0.2) is 66.9 Å². The van der Waals surface area contributed by atoms with Gasteiger partial charge in [0.1, 0.15) is 5.75 Å². The summed E-state index contributed by atoms with van der Waals surface area (Å²) in [4.78, 5) is 4.30. The van der Waals surface area contributed by atoms with E-state index in [1.807, 2.05) is 24.3 Å². The van der Waals surface area contributed by atoms with E-state index in [-0.39, 0.29) is 23.1 Å². The van der Waals surface area contributed by atoms with E-state index >= 15 is 0 Å². The monoisotopic (exact) mass is 470 g/mol. The lowest BCUT2D eigenvalue weighted by Gasteiger charge is -2.15. The third-order valence-corrected chi connectivity index (χ3v) is 6.55. The molecular formula is C24H23FN2O5S. The van der Waals surface area contributed by atoms with Crippen molar-refractivity contribution in [2.45, 2.75) is 6.42 Å². The first-order valence-electron chi connectivity index (χ1n) is 10.2. The van der Waals surface area contributed by atoms with Crippen molar-refractivity contribution in [2.75, 3.05) is 24.7 Å². The Morgan fingerprint density at radius 2 is 1.82 bits per heavy atom. The fourth-order valence-electron chi connectivity index (χ4n) is 3.56. The fraction of sp³-hybridized carbons (Fsp3) is 0.208. The third-order valence-electron chi connectivity index (χ3n) is 5.13. The van der Waals surface area contributed by atoms with Crippen molar-refractivity contribution in [3.8, 4) is 23.0 Å². The van der Waals surface area contributed by atoms with Crippen LogP contribution in [0.4, 0.5) is 10.1 Å². The molecule has 1 heterocycles. The highest BCUT2D eigenvalue weighted by Crippen LogP contribution is 2.37. The molecule has 1 atom stereocenters. The summed E-state index contributed by atoms with van der Waals surface area (Å²) >= 11 is 0. The molecule has 0 saturated heterocycles. The molecule has 7 nitrogen and oxygen atoms in total. The van der Waals surface area contributed by atoms with Crippen LogP contribution in [0.25, 0.3) is 10.9 Å². The molecule has 1 N–H and O–H groups in total. The summed E-state index contributed by atoms with van der Waals surface area (Å²) < 4.78 is 58.6. The van der Waals surface area contributed by atoms with Crippen LogP contribution >= 0.6 is 0 Å². The number of rotatable bonds is 8. The number of benzene rings is 2. The molecule has 0 saturated carbocycles. The Morgan fingerprint density at radius 3 is 2.52 bits per heavy atom. The molecule has 1 unspecified atom stereocenters. The van der Waals surface area contributed by atoms with Crippen molar-refractivity contribution in [1.29, 1.82) is 0 Å². The van der Waals surface area contributed by atoms with Gasteiger partial charge in [-0.15, -0.1) is 0 Å². The summed E-state index contributed by atoms with van der Waals surface area (Å²) in [5.74, 6) is 0.401. The maximum absolute atomic E-state index is 14.8. The Balaban J connectivity index is 1.55. The van der Waals surface area contributed by atoms with Gasteiger partial charge in [-0.2, -0.15) is 0 Å². The van der Waals surface area contributed by atoms with E-state index in [1.54, 1.807) is 24.4 Å². The molecule has 2 aromatic carbocycles. The Bertz CT molecular complexity index is 1340. The number of nitrogens with zero attached hydrogens (tertiary/aromatic N) is 1. The topological polar surface area (TPSA) is 86.8 Å². The largest absolute Gasteiger partial charge is 0.493 e. The summed E-state index contributed by atoms with van der Waals surface area (Å²) in [6.45, 7) is 0. The van der Waals surface area contributed by atoms with Crippen LogP contribution in [-0.4, -0.2) is 33.4 Å². The number of methoxy groups -OCH3 is 2. The first kappa shape index (κ1) is 22.6. The van der Waals surface area contributed by atoms with E-state index in [0.717, 1.165) is 6.07 Å². The molecule has 0 radical (unpaired) electrons. The summed E-state index contributed by atoms with van der Waals surface area (Å²) in [5, 5.41) is 0.605. The van der Waals surface area contributed by atoms with E-state index in [9.17, 15) is 12.8 Å². The second kappa shape index (κ2) is 9.50. The summed E-state index contributed by atoms with van der Waals surface area (Å²) in [5.41, 5.74) is 0.711. The van der Waals surface area contributed by atoms with E-state index in [2.05, 4.69) is 9.71 Å². The third kappa shape index (κ3) is 5.25. The quantitative estimate of drug-likeness (QED) is 0.495. The van der Waals surface area contributed by atoms with Crippen molar-refractivity contribution >= 4 is 26.6 Å². The molecular weight excluding hydrogens is 447 g/mol. The van der Waals surface area contributed by atoms with Crippen LogP contribution in [-0.2, 0) is 10.0 Å². The van der Waals surface area contributed by atoms with Gasteiger partial charge in [-0.1, -0.05) is 24.3 Å². The molecule has 172 valence electrons. The Labute approximate surface area is 191 Å². The van der Waals surface area contributed by atoms with Crippen LogP contribution in [0.1, 0.15) is 6.42 Å². The van der Waals surface area contributed by atoms with Crippen molar-refractivity contribution in [2.24, 2.45) is 5.92 Å². The van der Waals surface area contributed by atoms with Crippen LogP contribution in [0.3, 0.4) is 0 Å². The fourth-order valence-corrected chi connectivity index (χ4v) is 4.94. The van der Waals surface area contributed by atoms with Crippen LogP contribution < -0.4 is 18.9 Å². The number of allylic oxidation sites excluding steroid dienone is 4. The Morgan fingerprint density at radius 1 is 1.03 bits per heavy atom. The lowest BCUT2D eigenvalue weighted by molar-refractivity contribution is 0.355. The van der Waals surface area contributed by atoms with Gasteiger partial charge in [0, 0.05) is 23.7 Å². The molecule has 0 fully saturated rings. The summed E-state index contributed by atoms with van der Waals surface area (Å²) in [6.07, 6.45) is 9.65. The van der Waals surface area contributed by atoms with E-state index in [1.165, 1.54) is 26.4 Å². The molecule has 1 aliphatic rings. The minimum Gasteiger partial charge on any atom is -0.493 e. The zero-order valence-corrected chi connectivity index (χ0v) is 18.9. The Kier molecular flexibility index (Phi) is 6.50. The Hall–Kier alpha value is -3.59. The highest BCUT2D eigenvalue weighted by Gasteiger charge is 2.19. The smallest absolute Gasteiger partial charge is 0.233 e. The van der Waals surface area contributed by atoms with Gasteiger partial charge in [0.2, 0.25) is 10.0 Å². The number of aromatic nitrogens is 1. The van der Waals surface area contributed by atoms with Gasteiger partial charge in [0.05, 0.1) is 31.2 Å². The first-order valence-corrected chi connectivity index (χ1v) is 11.9. The molecule has 1 aromatic heterocycles. The highest BCUT2D eigenvalue weighted by molar-refractivity contribution is 7.92. The SMILES string of the molecule is COc1cc2nccc(Oc3ccc(NS(=O)(=O)CC4C=CC=CC4)cc3F)c2cc1OC. The average molecular weight is 471 g/mol. The summed E-state index contributed by atoms with van der Waals surface area (Å²) in [6, 6.07) is 8.94. The maximum atomic E-state index is 14.8. The predicted molar refractivity (Wildman–Crippen MR) is 125 cm³/mol. The lowest BCUT2D eigenvalue weighted by atomic mass is 10.0. The number of anilines is 1. The molecule has 0 spiro atoms. The van der Waals surface area contributed by atoms with E-state index < -0.39 is 15.8 Å². The number of sulfonamides is 1. The van der Waals surface area contributed by atoms with Crippen molar-refractivity contribution in [3.63, 3.8) is 0 Å². The minimum atomic E-state index is -3.64. The molecule has 1 aliphatic carbocycles. The number of hydrogen-bond donors (Lipinski definition) is 1. The summed E-state index contributed by atoms with van der Waals surface area (Å²) in [7, 11) is -0.601. The molecule has 0 amide bonds. The minimum absolute atomic E-state index is 0.0550. The van der Waals surface area contributed by atoms with Gasteiger partial charge < -0.3 is 14.2 Å². The lowest BCUT2D eigenvalue weighted by Crippen LogP contribution is -2.22. The van der Waals surface area contributed by atoms with E-state index in [4.69, 9.17) is 14.2 Å². The first-order chi connectivity index (χ1) is 15.9. The number of hydrogen-bond acceptors (Lipinski definition) is 6. The highest BCUT2D eigenvalue weighted by atomic mass is 32.2. The van der Waals surface area contributed by atoms with Gasteiger partial charge in [-0.3, -0.25) is 9.71 Å². The van der Waals surface area contributed by atoms with Gasteiger partial charge in [-0.05, 0) is 36.6 Å². The van der Waals surface area contributed by atoms with Crippen LogP contribution in [0, 0.1) is 11.7 Å².